The number of carbonyl (C=O) groups is 1. The summed E-state index contributed by atoms with van der Waals surface area (Å²) in [6.45, 7) is 0.498. The van der Waals surface area contributed by atoms with E-state index >= 15 is 0 Å². The highest BCUT2D eigenvalue weighted by molar-refractivity contribution is 6.07. The van der Waals surface area contributed by atoms with E-state index in [1.807, 2.05) is 12.1 Å². The summed E-state index contributed by atoms with van der Waals surface area (Å²) >= 11 is 0. The minimum absolute atomic E-state index is 0.0311. The molecule has 0 N–H and O–H groups in total. The number of benzene rings is 2. The molecule has 1 amide bonds. The number of aryl methyl sites for hydroxylation is 1. The number of carbonyl (C=O) groups excluding carboxylic acids is 1. The van der Waals surface area contributed by atoms with E-state index in [2.05, 4.69) is 5.10 Å². The number of fused-ring (bicyclic) bond motifs is 1. The molecule has 0 saturated carbocycles. The molecule has 0 atom stereocenters. The Balaban J connectivity index is 1.71. The number of anilines is 1. The minimum atomic E-state index is -4.48. The topological polar surface area (TPSA) is 56.6 Å². The Morgan fingerprint density at radius 2 is 1.90 bits per heavy atom. The van der Waals surface area contributed by atoms with Crippen molar-refractivity contribution in [2.45, 2.75) is 19.0 Å². The lowest BCUT2D eigenvalue weighted by Crippen LogP contribution is -2.36. The van der Waals surface area contributed by atoms with Crippen LogP contribution in [0.1, 0.15) is 28.0 Å². The second kappa shape index (κ2) is 7.98. The summed E-state index contributed by atoms with van der Waals surface area (Å²) < 4.78 is 51.0. The lowest BCUT2D eigenvalue weighted by atomic mass is 10.0. The average Bonchev–Trinajstić information content (AvgIpc) is 3.22. The molecule has 1 aliphatic heterocycles. The molecule has 0 spiro atoms. The number of alkyl halides is 3. The van der Waals surface area contributed by atoms with Crippen LogP contribution in [0.25, 0.3) is 5.69 Å². The zero-order valence-electron chi connectivity index (χ0n) is 16.9. The zero-order valence-corrected chi connectivity index (χ0v) is 16.9. The highest BCUT2D eigenvalue weighted by Crippen LogP contribution is 2.34. The van der Waals surface area contributed by atoms with Crippen LogP contribution in [0.2, 0.25) is 0 Å². The van der Waals surface area contributed by atoms with Crippen molar-refractivity contribution in [1.29, 1.82) is 0 Å². The van der Waals surface area contributed by atoms with Crippen LogP contribution in [0, 0.1) is 0 Å². The molecule has 1 aromatic heterocycles. The van der Waals surface area contributed by atoms with Gasteiger partial charge in [0.05, 0.1) is 31.7 Å². The Labute approximate surface area is 176 Å². The summed E-state index contributed by atoms with van der Waals surface area (Å²) in [5, 5.41) is 4.26. The SMILES string of the molecule is COc1ccc2c(c1)CCCN2C(=O)c1nn(-c2cccc(C(F)(F)F)c2)cc1OC. The van der Waals surface area contributed by atoms with Crippen molar-refractivity contribution in [3.8, 4) is 17.2 Å². The molecule has 3 aromatic rings. The molecule has 0 bridgehead atoms. The molecule has 6 nitrogen and oxygen atoms in total. The van der Waals surface area contributed by atoms with Crippen LogP contribution in [0.3, 0.4) is 0 Å². The second-order valence-electron chi connectivity index (χ2n) is 7.09. The number of nitrogens with zero attached hydrogens (tertiary/aromatic N) is 3. The number of amides is 1. The predicted octanol–water partition coefficient (Wildman–Crippen LogP) is 4.50. The van der Waals surface area contributed by atoms with Gasteiger partial charge in [0.2, 0.25) is 0 Å². The van der Waals surface area contributed by atoms with Crippen LogP contribution in [-0.4, -0.2) is 36.5 Å². The minimum Gasteiger partial charge on any atom is -0.497 e. The van der Waals surface area contributed by atoms with Gasteiger partial charge >= 0.3 is 6.18 Å². The molecule has 162 valence electrons. The summed E-state index contributed by atoms with van der Waals surface area (Å²) in [5.74, 6) is 0.510. The molecule has 0 aliphatic carbocycles. The van der Waals surface area contributed by atoms with E-state index < -0.39 is 11.7 Å². The van der Waals surface area contributed by atoms with Crippen molar-refractivity contribution in [2.75, 3.05) is 25.7 Å². The number of hydrogen-bond donors (Lipinski definition) is 0. The molecule has 2 heterocycles. The third-order valence-electron chi connectivity index (χ3n) is 5.19. The van der Waals surface area contributed by atoms with Crippen LogP contribution in [0.5, 0.6) is 11.5 Å². The number of methoxy groups -OCH3 is 2. The Hall–Kier alpha value is -3.49. The Morgan fingerprint density at radius 3 is 2.61 bits per heavy atom. The standard InChI is InChI=1S/C22H20F3N3O3/c1-30-17-8-9-18-14(11-17)5-4-10-27(18)21(29)20-19(31-2)13-28(26-20)16-7-3-6-15(12-16)22(23,24)25/h3,6-9,11-13H,4-5,10H2,1-2H3. The van der Waals surface area contributed by atoms with Gasteiger partial charge in [0, 0.05) is 12.2 Å². The van der Waals surface area contributed by atoms with Gasteiger partial charge in [0.1, 0.15) is 5.75 Å². The fraction of sp³-hybridized carbons (Fsp3) is 0.273. The molecule has 1 aliphatic rings. The fourth-order valence-corrected chi connectivity index (χ4v) is 3.65. The number of ether oxygens (including phenoxy) is 2. The van der Waals surface area contributed by atoms with Crippen molar-refractivity contribution >= 4 is 11.6 Å². The highest BCUT2D eigenvalue weighted by Gasteiger charge is 2.31. The van der Waals surface area contributed by atoms with Crippen LogP contribution in [0.4, 0.5) is 18.9 Å². The van der Waals surface area contributed by atoms with Gasteiger partial charge < -0.3 is 14.4 Å². The predicted molar refractivity (Wildman–Crippen MR) is 108 cm³/mol. The Bertz CT molecular complexity index is 1120. The first-order valence-corrected chi connectivity index (χ1v) is 9.62. The quantitative estimate of drug-likeness (QED) is 0.610. The molecule has 31 heavy (non-hydrogen) atoms. The van der Waals surface area contributed by atoms with Crippen molar-refractivity contribution < 1.29 is 27.4 Å². The maximum absolute atomic E-state index is 13.3. The Morgan fingerprint density at radius 1 is 1.10 bits per heavy atom. The van der Waals surface area contributed by atoms with E-state index in [0.717, 1.165) is 36.2 Å². The number of halogens is 3. The van der Waals surface area contributed by atoms with Crippen LogP contribution in [-0.2, 0) is 12.6 Å². The normalized spacial score (nSPS) is 13.6. The highest BCUT2D eigenvalue weighted by atomic mass is 19.4. The van der Waals surface area contributed by atoms with Gasteiger partial charge in [-0.2, -0.15) is 18.3 Å². The first-order chi connectivity index (χ1) is 14.8. The van der Waals surface area contributed by atoms with Gasteiger partial charge in [-0.1, -0.05) is 6.07 Å². The molecular formula is C22H20F3N3O3. The molecular weight excluding hydrogens is 411 g/mol. The molecule has 0 radical (unpaired) electrons. The van der Waals surface area contributed by atoms with Crippen LogP contribution in [0.15, 0.2) is 48.7 Å². The van der Waals surface area contributed by atoms with Crippen LogP contribution < -0.4 is 14.4 Å². The van der Waals surface area contributed by atoms with E-state index in [9.17, 15) is 18.0 Å². The lowest BCUT2D eigenvalue weighted by molar-refractivity contribution is -0.137. The maximum atomic E-state index is 13.3. The van der Waals surface area contributed by atoms with E-state index in [1.54, 1.807) is 18.1 Å². The van der Waals surface area contributed by atoms with Crippen molar-refractivity contribution in [2.24, 2.45) is 0 Å². The fourth-order valence-electron chi connectivity index (χ4n) is 3.65. The second-order valence-corrected chi connectivity index (χ2v) is 7.09. The molecule has 0 unspecified atom stereocenters. The molecule has 4 rings (SSSR count). The summed E-state index contributed by atoms with van der Waals surface area (Å²) in [6.07, 6.45) is -1.50. The van der Waals surface area contributed by atoms with Gasteiger partial charge in [0.25, 0.3) is 5.91 Å². The summed E-state index contributed by atoms with van der Waals surface area (Å²) in [7, 11) is 2.97. The van der Waals surface area contributed by atoms with Crippen molar-refractivity contribution in [1.82, 2.24) is 9.78 Å². The van der Waals surface area contributed by atoms with Gasteiger partial charge in [-0.25, -0.2) is 4.68 Å². The monoisotopic (exact) mass is 431 g/mol. The van der Waals surface area contributed by atoms with Crippen molar-refractivity contribution in [3.05, 3.63) is 65.5 Å². The molecule has 9 heteroatoms. The zero-order chi connectivity index (χ0) is 22.2. The summed E-state index contributed by atoms with van der Waals surface area (Å²) in [6, 6.07) is 10.2. The first kappa shape index (κ1) is 20.8. The van der Waals surface area contributed by atoms with Gasteiger partial charge in [0.15, 0.2) is 11.4 Å². The third kappa shape index (κ3) is 3.95. The smallest absolute Gasteiger partial charge is 0.416 e. The summed E-state index contributed by atoms with van der Waals surface area (Å²) in [4.78, 5) is 14.9. The lowest BCUT2D eigenvalue weighted by Gasteiger charge is -2.29. The molecule has 0 saturated heterocycles. The summed E-state index contributed by atoms with van der Waals surface area (Å²) in [5.41, 5.74) is 1.15. The van der Waals surface area contributed by atoms with Crippen LogP contribution >= 0.6 is 0 Å². The maximum Gasteiger partial charge on any atom is 0.416 e. The molecule has 0 fully saturated rings. The van der Waals surface area contributed by atoms with E-state index in [4.69, 9.17) is 9.47 Å². The van der Waals surface area contributed by atoms with E-state index in [-0.39, 0.29) is 23.0 Å². The van der Waals surface area contributed by atoms with Gasteiger partial charge in [-0.05, 0) is 54.8 Å². The van der Waals surface area contributed by atoms with E-state index in [1.165, 1.54) is 30.1 Å². The van der Waals surface area contributed by atoms with Gasteiger partial charge in [-0.15, -0.1) is 0 Å². The first-order valence-electron chi connectivity index (χ1n) is 9.62. The number of hydrogen-bond acceptors (Lipinski definition) is 4. The van der Waals surface area contributed by atoms with Crippen molar-refractivity contribution in [3.63, 3.8) is 0 Å². The molecule has 2 aromatic carbocycles. The largest absolute Gasteiger partial charge is 0.497 e. The van der Waals surface area contributed by atoms with Gasteiger partial charge in [-0.3, -0.25) is 4.79 Å². The average molecular weight is 431 g/mol. The third-order valence-corrected chi connectivity index (χ3v) is 5.19. The van der Waals surface area contributed by atoms with E-state index in [0.29, 0.717) is 12.3 Å². The number of aromatic nitrogens is 2. The Kier molecular flexibility index (Phi) is 5.34. The number of rotatable bonds is 4.